The predicted molar refractivity (Wildman–Crippen MR) is 130 cm³/mol. The van der Waals surface area contributed by atoms with Crippen LogP contribution in [0.25, 0.3) is 0 Å². The van der Waals surface area contributed by atoms with E-state index in [-0.39, 0.29) is 5.91 Å². The summed E-state index contributed by atoms with van der Waals surface area (Å²) in [5.74, 6) is -0.337. The summed E-state index contributed by atoms with van der Waals surface area (Å²) in [6, 6.07) is 12.4. The minimum absolute atomic E-state index is 0.333. The molecule has 1 atom stereocenters. The number of carbonyl (C=O) groups is 1. The van der Waals surface area contributed by atoms with Gasteiger partial charge in [0.05, 0.1) is 11.9 Å². The molecule has 6 nitrogen and oxygen atoms in total. The topological polar surface area (TPSA) is 69.7 Å². The van der Waals surface area contributed by atoms with Gasteiger partial charge in [-0.15, -0.1) is 0 Å². The largest absolute Gasteiger partial charge is 0.350 e. The van der Waals surface area contributed by atoms with E-state index in [9.17, 15) is 13.2 Å². The van der Waals surface area contributed by atoms with Crippen molar-refractivity contribution in [2.75, 3.05) is 23.7 Å². The highest BCUT2D eigenvalue weighted by molar-refractivity contribution is 7.92. The number of nitrogens with one attached hydrogen (secondary N) is 1. The summed E-state index contributed by atoms with van der Waals surface area (Å²) in [7, 11) is -3.69. The molecule has 3 rings (SSSR count). The molecule has 1 heterocycles. The lowest BCUT2D eigenvalue weighted by atomic mass is 10.1. The number of likely N-dealkylation sites (tertiary alicyclic amines) is 1. The Morgan fingerprint density at radius 1 is 1.12 bits per heavy atom. The zero-order valence-corrected chi connectivity index (χ0v) is 20.5. The molecule has 8 heteroatoms. The van der Waals surface area contributed by atoms with Gasteiger partial charge in [-0.2, -0.15) is 0 Å². The minimum atomic E-state index is -3.69. The van der Waals surface area contributed by atoms with Gasteiger partial charge in [-0.05, 0) is 68.1 Å². The zero-order valence-electron chi connectivity index (χ0n) is 19.0. The van der Waals surface area contributed by atoms with Crippen LogP contribution in [0.2, 0.25) is 5.02 Å². The number of anilines is 1. The maximum atomic E-state index is 13.0. The fourth-order valence-corrected chi connectivity index (χ4v) is 5.43. The molecular formula is C24H32ClN3O3S. The normalized spacial score (nSPS) is 15.5. The fourth-order valence-electron chi connectivity index (χ4n) is 4.05. The van der Waals surface area contributed by atoms with Crippen LogP contribution in [0, 0.1) is 6.92 Å². The lowest BCUT2D eigenvalue weighted by molar-refractivity contribution is -0.122. The van der Waals surface area contributed by atoms with Crippen molar-refractivity contribution in [1.29, 1.82) is 0 Å². The van der Waals surface area contributed by atoms with Crippen molar-refractivity contribution >= 4 is 33.2 Å². The van der Waals surface area contributed by atoms with E-state index in [1.165, 1.54) is 18.4 Å². The summed E-state index contributed by atoms with van der Waals surface area (Å²) in [5, 5.41) is 3.36. The second-order valence-electron chi connectivity index (χ2n) is 8.43. The number of hydrogen-bond acceptors (Lipinski definition) is 4. The Balaban J connectivity index is 1.68. The summed E-state index contributed by atoms with van der Waals surface area (Å²) < 4.78 is 26.3. The van der Waals surface area contributed by atoms with Gasteiger partial charge in [0, 0.05) is 18.1 Å². The lowest BCUT2D eigenvalue weighted by Crippen LogP contribution is -2.49. The minimum Gasteiger partial charge on any atom is -0.350 e. The molecule has 0 saturated carbocycles. The van der Waals surface area contributed by atoms with Crippen LogP contribution < -0.4 is 9.62 Å². The van der Waals surface area contributed by atoms with E-state index >= 15 is 0 Å². The molecule has 0 aromatic heterocycles. The van der Waals surface area contributed by atoms with Crippen LogP contribution in [0.5, 0.6) is 0 Å². The molecule has 1 aliphatic rings. The first-order valence-electron chi connectivity index (χ1n) is 11.0. The first-order valence-corrected chi connectivity index (χ1v) is 13.2. The molecular weight excluding hydrogens is 446 g/mol. The molecule has 0 spiro atoms. The van der Waals surface area contributed by atoms with Crippen molar-refractivity contribution in [1.82, 2.24) is 10.2 Å². The number of rotatable bonds is 9. The molecule has 1 aliphatic heterocycles. The molecule has 0 radical (unpaired) electrons. The van der Waals surface area contributed by atoms with Gasteiger partial charge < -0.3 is 5.32 Å². The van der Waals surface area contributed by atoms with E-state index in [1.807, 2.05) is 19.1 Å². The molecule has 0 bridgehead atoms. The maximum Gasteiger partial charge on any atom is 0.244 e. The molecule has 174 valence electrons. The number of hydrogen-bond donors (Lipinski definition) is 1. The first kappa shape index (κ1) is 24.6. The highest BCUT2D eigenvalue weighted by Crippen LogP contribution is 2.27. The first-order chi connectivity index (χ1) is 15.2. The Kier molecular flexibility index (Phi) is 8.20. The van der Waals surface area contributed by atoms with E-state index in [1.54, 1.807) is 25.1 Å². The number of amides is 1. The Bertz CT molecular complexity index is 1030. The quantitative estimate of drug-likeness (QED) is 0.590. The second kappa shape index (κ2) is 10.7. The average Bonchev–Trinajstić information content (AvgIpc) is 3.25. The van der Waals surface area contributed by atoms with Crippen LogP contribution in [0.15, 0.2) is 42.5 Å². The maximum absolute atomic E-state index is 13.0. The highest BCUT2D eigenvalue weighted by atomic mass is 35.5. The van der Waals surface area contributed by atoms with Gasteiger partial charge in [-0.25, -0.2) is 8.42 Å². The van der Waals surface area contributed by atoms with Crippen LogP contribution in [-0.4, -0.2) is 44.6 Å². The predicted octanol–water partition coefficient (Wildman–Crippen LogP) is 4.11. The van der Waals surface area contributed by atoms with E-state index in [2.05, 4.69) is 22.3 Å². The molecule has 1 N–H and O–H groups in total. The van der Waals surface area contributed by atoms with Gasteiger partial charge in [0.25, 0.3) is 0 Å². The van der Waals surface area contributed by atoms with Gasteiger partial charge in [-0.3, -0.25) is 14.0 Å². The number of benzene rings is 2. The van der Waals surface area contributed by atoms with E-state index in [0.717, 1.165) is 41.3 Å². The van der Waals surface area contributed by atoms with Crippen LogP contribution in [0.4, 0.5) is 5.69 Å². The number of sulfonamides is 1. The summed E-state index contributed by atoms with van der Waals surface area (Å²) in [6.45, 7) is 7.24. The van der Waals surface area contributed by atoms with Gasteiger partial charge in [-0.1, -0.05) is 48.9 Å². The van der Waals surface area contributed by atoms with Crippen molar-refractivity contribution in [2.24, 2.45) is 0 Å². The third-order valence-corrected chi connectivity index (χ3v) is 7.42. The van der Waals surface area contributed by atoms with Crippen LogP contribution in [0.3, 0.4) is 0 Å². The summed E-state index contributed by atoms with van der Waals surface area (Å²) in [5.41, 5.74) is 3.46. The number of carbonyl (C=O) groups excluding carboxylic acids is 1. The molecule has 0 unspecified atom stereocenters. The Labute approximate surface area is 196 Å². The molecule has 32 heavy (non-hydrogen) atoms. The highest BCUT2D eigenvalue weighted by Gasteiger charge is 2.31. The SMILES string of the molecule is CC[C@H](C(=O)NCc1ccc(CN2CCCC2)cc1)N(c1ccc(C)c(Cl)c1)S(C)(=O)=O. The monoisotopic (exact) mass is 477 g/mol. The molecule has 1 fully saturated rings. The van der Waals surface area contributed by atoms with Crippen molar-refractivity contribution in [3.63, 3.8) is 0 Å². The lowest BCUT2D eigenvalue weighted by Gasteiger charge is -2.30. The molecule has 0 aliphatic carbocycles. The van der Waals surface area contributed by atoms with Gasteiger partial charge >= 0.3 is 0 Å². The van der Waals surface area contributed by atoms with Crippen molar-refractivity contribution in [3.8, 4) is 0 Å². The third kappa shape index (κ3) is 6.24. The number of aryl methyl sites for hydroxylation is 1. The van der Waals surface area contributed by atoms with E-state index in [4.69, 9.17) is 11.6 Å². The van der Waals surface area contributed by atoms with Gasteiger partial charge in [0.15, 0.2) is 0 Å². The van der Waals surface area contributed by atoms with Crippen LogP contribution in [0.1, 0.15) is 42.9 Å². The van der Waals surface area contributed by atoms with Gasteiger partial charge in [0.1, 0.15) is 6.04 Å². The summed E-state index contributed by atoms with van der Waals surface area (Å²) in [4.78, 5) is 15.4. The standard InChI is InChI=1S/C24H32ClN3O3S/c1-4-23(28(32(3,30)31)21-12-7-18(2)22(25)15-21)24(29)26-16-19-8-10-20(11-9-19)17-27-13-5-6-14-27/h7-12,15,23H,4-6,13-14,16-17H2,1-3H3,(H,26,29)/t23-/m1/s1. The fraction of sp³-hybridized carbons (Fsp3) is 0.458. The summed E-state index contributed by atoms with van der Waals surface area (Å²) in [6.07, 6.45) is 3.97. The summed E-state index contributed by atoms with van der Waals surface area (Å²) >= 11 is 6.22. The average molecular weight is 478 g/mol. The number of halogens is 1. The molecule has 2 aromatic carbocycles. The van der Waals surface area contributed by atoms with E-state index < -0.39 is 16.1 Å². The van der Waals surface area contributed by atoms with Crippen molar-refractivity contribution in [2.45, 2.75) is 52.2 Å². The van der Waals surface area contributed by atoms with Crippen molar-refractivity contribution in [3.05, 3.63) is 64.2 Å². The Hall–Kier alpha value is -2.09. The zero-order chi connectivity index (χ0) is 23.3. The molecule has 1 amide bonds. The van der Waals surface area contributed by atoms with Gasteiger partial charge in [0.2, 0.25) is 15.9 Å². The van der Waals surface area contributed by atoms with Crippen LogP contribution >= 0.6 is 11.6 Å². The second-order valence-corrected chi connectivity index (χ2v) is 10.7. The van der Waals surface area contributed by atoms with Crippen molar-refractivity contribution < 1.29 is 13.2 Å². The molecule has 2 aromatic rings. The molecule has 1 saturated heterocycles. The van der Waals surface area contributed by atoms with E-state index in [0.29, 0.717) is 23.7 Å². The third-order valence-electron chi connectivity index (χ3n) is 5.83. The number of nitrogens with zero attached hydrogens (tertiary/aromatic N) is 2. The smallest absolute Gasteiger partial charge is 0.244 e. The Morgan fingerprint density at radius 3 is 2.31 bits per heavy atom. The van der Waals surface area contributed by atoms with Crippen LogP contribution in [-0.2, 0) is 27.9 Å². The Morgan fingerprint density at radius 2 is 1.75 bits per heavy atom.